The van der Waals surface area contributed by atoms with Crippen molar-refractivity contribution < 1.29 is 9.53 Å². The Morgan fingerprint density at radius 1 is 1.25 bits per heavy atom. The molecule has 118 valence electrons. The minimum atomic E-state index is -0.440. The smallest absolute Gasteiger partial charge is 0.237 e. The molecule has 0 aromatic heterocycles. The van der Waals surface area contributed by atoms with Crippen molar-refractivity contribution in [2.45, 2.75) is 72.1 Å². The number of nitrogens with two attached hydrogens (primary N) is 1. The molecule has 3 N–H and O–H groups in total. The first-order chi connectivity index (χ1) is 9.32. The largest absolute Gasteiger partial charge is 0.376 e. The van der Waals surface area contributed by atoms with Crippen LogP contribution < -0.4 is 11.1 Å². The molecule has 4 heteroatoms. The Morgan fingerprint density at radius 3 is 2.30 bits per heavy atom. The van der Waals surface area contributed by atoms with Crippen LogP contribution in [0.25, 0.3) is 0 Å². The van der Waals surface area contributed by atoms with Crippen LogP contribution in [0.5, 0.6) is 0 Å². The van der Waals surface area contributed by atoms with Gasteiger partial charge in [-0.3, -0.25) is 4.79 Å². The van der Waals surface area contributed by atoms with Gasteiger partial charge < -0.3 is 15.8 Å². The van der Waals surface area contributed by atoms with Crippen molar-refractivity contribution in [2.24, 2.45) is 23.5 Å². The highest BCUT2D eigenvalue weighted by Crippen LogP contribution is 2.31. The Balaban J connectivity index is 2.35. The van der Waals surface area contributed by atoms with E-state index in [0.29, 0.717) is 24.5 Å². The molecule has 0 aliphatic heterocycles. The fourth-order valence-electron chi connectivity index (χ4n) is 2.92. The summed E-state index contributed by atoms with van der Waals surface area (Å²) in [5, 5.41) is 2.94. The zero-order valence-corrected chi connectivity index (χ0v) is 13.7. The van der Waals surface area contributed by atoms with Crippen LogP contribution >= 0.6 is 0 Å². The van der Waals surface area contributed by atoms with Gasteiger partial charge in [0.05, 0.1) is 18.8 Å². The standard InChI is InChI=1S/C16H32N2O2/c1-10(2)14(17)16(19)18-13(5)9-20-15-11(3)7-6-8-12(15)4/h10-15H,6-9,17H2,1-5H3,(H,18,19)/t11?,12?,13?,14-,15?/m1/s1. The molecule has 1 amide bonds. The van der Waals surface area contributed by atoms with Gasteiger partial charge in [0, 0.05) is 6.04 Å². The zero-order valence-electron chi connectivity index (χ0n) is 13.7. The summed E-state index contributed by atoms with van der Waals surface area (Å²) in [6.07, 6.45) is 4.11. The molecule has 0 radical (unpaired) electrons. The number of hydrogen-bond acceptors (Lipinski definition) is 3. The summed E-state index contributed by atoms with van der Waals surface area (Å²) in [5.41, 5.74) is 5.84. The van der Waals surface area contributed by atoms with E-state index in [2.05, 4.69) is 19.2 Å². The average Bonchev–Trinajstić information content (AvgIpc) is 2.36. The first kappa shape index (κ1) is 17.4. The second kappa shape index (κ2) is 7.99. The molecule has 1 aliphatic rings. The molecular weight excluding hydrogens is 252 g/mol. The number of ether oxygens (including phenoxy) is 1. The number of rotatable bonds is 6. The Labute approximate surface area is 123 Å². The SMILES string of the molecule is CC(COC1C(C)CCCC1C)NC(=O)[C@H](N)C(C)C. The fourth-order valence-corrected chi connectivity index (χ4v) is 2.92. The van der Waals surface area contributed by atoms with Crippen molar-refractivity contribution in [2.75, 3.05) is 6.61 Å². The van der Waals surface area contributed by atoms with Gasteiger partial charge >= 0.3 is 0 Å². The van der Waals surface area contributed by atoms with Crippen molar-refractivity contribution >= 4 is 5.91 Å². The van der Waals surface area contributed by atoms with Crippen molar-refractivity contribution in [3.8, 4) is 0 Å². The summed E-state index contributed by atoms with van der Waals surface area (Å²) in [7, 11) is 0. The number of carbonyl (C=O) groups excluding carboxylic acids is 1. The molecule has 4 atom stereocenters. The average molecular weight is 284 g/mol. The fraction of sp³-hybridized carbons (Fsp3) is 0.938. The molecule has 1 rings (SSSR count). The summed E-state index contributed by atoms with van der Waals surface area (Å²) in [5.74, 6) is 1.29. The van der Waals surface area contributed by atoms with Crippen molar-refractivity contribution in [1.29, 1.82) is 0 Å². The van der Waals surface area contributed by atoms with Crippen molar-refractivity contribution in [1.82, 2.24) is 5.32 Å². The summed E-state index contributed by atoms with van der Waals surface area (Å²) in [6, 6.07) is -0.432. The van der Waals surface area contributed by atoms with Crippen LogP contribution in [0.4, 0.5) is 0 Å². The van der Waals surface area contributed by atoms with E-state index in [4.69, 9.17) is 10.5 Å². The van der Waals surface area contributed by atoms with Gasteiger partial charge in [-0.05, 0) is 37.5 Å². The molecule has 1 saturated carbocycles. The maximum atomic E-state index is 11.9. The number of nitrogens with one attached hydrogen (secondary N) is 1. The van der Waals surface area contributed by atoms with Crippen molar-refractivity contribution in [3.05, 3.63) is 0 Å². The maximum absolute atomic E-state index is 11.9. The van der Waals surface area contributed by atoms with Gasteiger partial charge in [0.15, 0.2) is 0 Å². The monoisotopic (exact) mass is 284 g/mol. The molecule has 0 saturated heterocycles. The molecule has 3 unspecified atom stereocenters. The number of carbonyl (C=O) groups is 1. The first-order valence-corrected chi connectivity index (χ1v) is 8.00. The molecule has 4 nitrogen and oxygen atoms in total. The third-order valence-electron chi connectivity index (χ3n) is 4.39. The van der Waals surface area contributed by atoms with E-state index in [1.54, 1.807) is 0 Å². The van der Waals surface area contributed by atoms with E-state index in [9.17, 15) is 4.79 Å². The van der Waals surface area contributed by atoms with Crippen LogP contribution in [0, 0.1) is 17.8 Å². The quantitative estimate of drug-likeness (QED) is 0.786. The van der Waals surface area contributed by atoms with E-state index in [1.807, 2.05) is 20.8 Å². The Morgan fingerprint density at radius 2 is 1.80 bits per heavy atom. The first-order valence-electron chi connectivity index (χ1n) is 8.00. The second-order valence-electron chi connectivity index (χ2n) is 6.86. The lowest BCUT2D eigenvalue weighted by molar-refractivity contribution is -0.124. The Kier molecular flexibility index (Phi) is 6.96. The molecule has 1 aliphatic carbocycles. The molecule has 0 aromatic rings. The lowest BCUT2D eigenvalue weighted by Gasteiger charge is -2.35. The molecule has 0 heterocycles. The highest BCUT2D eigenvalue weighted by Gasteiger charge is 2.29. The molecule has 0 bridgehead atoms. The highest BCUT2D eigenvalue weighted by atomic mass is 16.5. The van der Waals surface area contributed by atoms with Crippen LogP contribution in [-0.4, -0.2) is 30.7 Å². The minimum Gasteiger partial charge on any atom is -0.376 e. The molecular formula is C16H32N2O2. The third-order valence-corrected chi connectivity index (χ3v) is 4.39. The predicted octanol–water partition coefficient (Wildman–Crippen LogP) is 2.32. The Bertz CT molecular complexity index is 297. The van der Waals surface area contributed by atoms with Crippen LogP contribution in [0.2, 0.25) is 0 Å². The lowest BCUT2D eigenvalue weighted by atomic mass is 9.80. The molecule has 0 aromatic carbocycles. The van der Waals surface area contributed by atoms with Gasteiger partial charge in [-0.2, -0.15) is 0 Å². The van der Waals surface area contributed by atoms with E-state index < -0.39 is 6.04 Å². The third kappa shape index (κ3) is 5.06. The maximum Gasteiger partial charge on any atom is 0.237 e. The van der Waals surface area contributed by atoms with E-state index in [1.165, 1.54) is 19.3 Å². The van der Waals surface area contributed by atoms with Gasteiger partial charge in [0.2, 0.25) is 5.91 Å². The molecule has 20 heavy (non-hydrogen) atoms. The summed E-state index contributed by atoms with van der Waals surface area (Å²) < 4.78 is 6.05. The molecule has 0 spiro atoms. The molecule has 1 fully saturated rings. The van der Waals surface area contributed by atoms with E-state index >= 15 is 0 Å². The zero-order chi connectivity index (χ0) is 15.3. The van der Waals surface area contributed by atoms with Gasteiger partial charge in [-0.25, -0.2) is 0 Å². The van der Waals surface area contributed by atoms with Crippen LogP contribution in [0.3, 0.4) is 0 Å². The highest BCUT2D eigenvalue weighted by molar-refractivity contribution is 5.81. The van der Waals surface area contributed by atoms with E-state index in [0.717, 1.165) is 0 Å². The summed E-state index contributed by atoms with van der Waals surface area (Å²) >= 11 is 0. The number of hydrogen-bond donors (Lipinski definition) is 2. The Hall–Kier alpha value is -0.610. The van der Waals surface area contributed by atoms with Gasteiger partial charge in [0.25, 0.3) is 0 Å². The number of amides is 1. The van der Waals surface area contributed by atoms with Gasteiger partial charge in [-0.1, -0.05) is 34.1 Å². The second-order valence-corrected chi connectivity index (χ2v) is 6.86. The van der Waals surface area contributed by atoms with E-state index in [-0.39, 0.29) is 17.9 Å². The summed E-state index contributed by atoms with van der Waals surface area (Å²) in [4.78, 5) is 11.9. The lowest BCUT2D eigenvalue weighted by Crippen LogP contribution is -2.48. The van der Waals surface area contributed by atoms with Crippen LogP contribution in [0.1, 0.15) is 53.9 Å². The van der Waals surface area contributed by atoms with Crippen LogP contribution in [0.15, 0.2) is 0 Å². The van der Waals surface area contributed by atoms with Gasteiger partial charge in [0.1, 0.15) is 0 Å². The van der Waals surface area contributed by atoms with Crippen LogP contribution in [-0.2, 0) is 9.53 Å². The minimum absolute atomic E-state index is 0.00799. The summed E-state index contributed by atoms with van der Waals surface area (Å²) in [6.45, 7) is 11.0. The normalized spacial score (nSPS) is 30.1. The topological polar surface area (TPSA) is 64.3 Å². The van der Waals surface area contributed by atoms with Crippen molar-refractivity contribution in [3.63, 3.8) is 0 Å². The predicted molar refractivity (Wildman–Crippen MR) is 82.3 cm³/mol. The van der Waals surface area contributed by atoms with Gasteiger partial charge in [-0.15, -0.1) is 0 Å².